The van der Waals surface area contributed by atoms with E-state index in [2.05, 4.69) is 0 Å². The Balaban J connectivity index is 2.80. The van der Waals surface area contributed by atoms with Crippen LogP contribution in [-0.4, -0.2) is 37.8 Å². The first-order chi connectivity index (χ1) is 8.33. The van der Waals surface area contributed by atoms with Crippen molar-refractivity contribution in [2.75, 3.05) is 24.3 Å². The van der Waals surface area contributed by atoms with Gasteiger partial charge in [0.15, 0.2) is 9.84 Å². The van der Waals surface area contributed by atoms with Crippen LogP contribution in [-0.2, 0) is 21.2 Å². The summed E-state index contributed by atoms with van der Waals surface area (Å²) in [4.78, 5) is 13.3. The Labute approximate surface area is 108 Å². The summed E-state index contributed by atoms with van der Waals surface area (Å²) in [5.74, 6) is -0.864. The molecule has 0 aliphatic carbocycles. The minimum absolute atomic E-state index is 0.331. The largest absolute Gasteiger partial charge is 0.398 e. The van der Waals surface area contributed by atoms with Gasteiger partial charge in [-0.1, -0.05) is 18.2 Å². The Hall–Kier alpha value is -1.56. The van der Waals surface area contributed by atoms with Gasteiger partial charge in [0, 0.05) is 25.0 Å². The predicted octanol–water partition coefficient (Wildman–Crippen LogP) is 0.662. The van der Waals surface area contributed by atoms with E-state index in [0.29, 0.717) is 18.8 Å². The molecule has 0 saturated carbocycles. The third-order valence-electron chi connectivity index (χ3n) is 2.54. The van der Waals surface area contributed by atoms with Crippen LogP contribution in [0.25, 0.3) is 0 Å². The number of hydrogen-bond donors (Lipinski definition) is 1. The fourth-order valence-corrected chi connectivity index (χ4v) is 2.21. The summed E-state index contributed by atoms with van der Waals surface area (Å²) in [6, 6.07) is 7.23. The maximum Gasteiger partial charge on any atom is 0.238 e. The summed E-state index contributed by atoms with van der Waals surface area (Å²) in [5, 5.41) is 0. The van der Waals surface area contributed by atoms with Crippen LogP contribution >= 0.6 is 0 Å². The number of hydrogen-bond acceptors (Lipinski definition) is 4. The van der Waals surface area contributed by atoms with Crippen LogP contribution in [0.1, 0.15) is 12.5 Å². The van der Waals surface area contributed by atoms with Gasteiger partial charge in [-0.25, -0.2) is 8.42 Å². The summed E-state index contributed by atoms with van der Waals surface area (Å²) >= 11 is 0. The number of carbonyl (C=O) groups is 1. The van der Waals surface area contributed by atoms with E-state index in [1.54, 1.807) is 13.0 Å². The molecule has 18 heavy (non-hydrogen) atoms. The Morgan fingerprint density at radius 1 is 1.33 bits per heavy atom. The number of sulfone groups is 1. The van der Waals surface area contributed by atoms with Crippen molar-refractivity contribution in [2.24, 2.45) is 0 Å². The average molecular weight is 270 g/mol. The normalized spacial score (nSPS) is 11.2. The van der Waals surface area contributed by atoms with Crippen molar-refractivity contribution in [1.29, 1.82) is 0 Å². The van der Waals surface area contributed by atoms with E-state index in [0.717, 1.165) is 11.8 Å². The molecule has 0 fully saturated rings. The number of anilines is 1. The molecule has 0 spiro atoms. The molecule has 2 N–H and O–H groups in total. The number of carbonyl (C=O) groups excluding carboxylic acids is 1. The molecule has 0 unspecified atom stereocenters. The fraction of sp³-hybridized carbons (Fsp3) is 0.417. The van der Waals surface area contributed by atoms with E-state index >= 15 is 0 Å². The first-order valence-corrected chi connectivity index (χ1v) is 7.68. The molecule has 5 nitrogen and oxygen atoms in total. The third-order valence-corrected chi connectivity index (χ3v) is 3.31. The van der Waals surface area contributed by atoms with Gasteiger partial charge in [-0.05, 0) is 18.6 Å². The Bertz CT molecular complexity index is 526. The highest BCUT2D eigenvalue weighted by molar-refractivity contribution is 7.91. The number of nitrogens with zero attached hydrogens (tertiary/aromatic N) is 1. The van der Waals surface area contributed by atoms with E-state index < -0.39 is 21.5 Å². The Morgan fingerprint density at radius 3 is 2.44 bits per heavy atom. The molecule has 100 valence electrons. The van der Waals surface area contributed by atoms with Crippen LogP contribution in [0.3, 0.4) is 0 Å². The van der Waals surface area contributed by atoms with E-state index in [-0.39, 0.29) is 0 Å². The number of rotatable bonds is 5. The average Bonchev–Trinajstić information content (AvgIpc) is 2.25. The van der Waals surface area contributed by atoms with Crippen molar-refractivity contribution in [2.45, 2.75) is 13.5 Å². The van der Waals surface area contributed by atoms with Gasteiger partial charge in [-0.15, -0.1) is 0 Å². The predicted molar refractivity (Wildman–Crippen MR) is 71.7 cm³/mol. The minimum Gasteiger partial charge on any atom is -0.398 e. The lowest BCUT2D eigenvalue weighted by molar-refractivity contribution is -0.128. The molecule has 0 saturated heterocycles. The molecule has 0 aromatic heterocycles. The van der Waals surface area contributed by atoms with E-state index in [4.69, 9.17) is 5.73 Å². The highest BCUT2D eigenvalue weighted by atomic mass is 32.2. The van der Waals surface area contributed by atoms with Crippen molar-refractivity contribution in [3.05, 3.63) is 29.8 Å². The molecule has 1 amide bonds. The SMILES string of the molecule is CCN(Cc1ccccc1N)C(=O)CS(C)(=O)=O. The summed E-state index contributed by atoms with van der Waals surface area (Å²) in [6.45, 7) is 2.58. The smallest absolute Gasteiger partial charge is 0.238 e. The summed E-state index contributed by atoms with van der Waals surface area (Å²) in [7, 11) is -3.30. The van der Waals surface area contributed by atoms with Crippen molar-refractivity contribution in [1.82, 2.24) is 4.90 Å². The standard InChI is InChI=1S/C12H18N2O3S/c1-3-14(12(15)9-18(2,16)17)8-10-6-4-5-7-11(10)13/h4-7H,3,8-9,13H2,1-2H3. The van der Waals surface area contributed by atoms with Crippen LogP contribution < -0.4 is 5.73 Å². The van der Waals surface area contributed by atoms with Crippen LogP contribution in [0.15, 0.2) is 24.3 Å². The molecular weight excluding hydrogens is 252 g/mol. The summed E-state index contributed by atoms with van der Waals surface area (Å²) < 4.78 is 22.2. The maximum atomic E-state index is 11.8. The number of amides is 1. The number of nitrogen functional groups attached to an aromatic ring is 1. The number of para-hydroxylation sites is 1. The first kappa shape index (κ1) is 14.5. The zero-order valence-electron chi connectivity index (χ0n) is 10.6. The van der Waals surface area contributed by atoms with E-state index in [9.17, 15) is 13.2 Å². The minimum atomic E-state index is -3.30. The highest BCUT2D eigenvalue weighted by Gasteiger charge is 2.18. The Kier molecular flexibility index (Phi) is 4.72. The highest BCUT2D eigenvalue weighted by Crippen LogP contribution is 2.13. The molecule has 1 rings (SSSR count). The van der Waals surface area contributed by atoms with Gasteiger partial charge in [-0.3, -0.25) is 4.79 Å². The van der Waals surface area contributed by atoms with E-state index in [1.165, 1.54) is 4.90 Å². The maximum absolute atomic E-state index is 11.8. The molecular formula is C12H18N2O3S. The lowest BCUT2D eigenvalue weighted by Gasteiger charge is -2.21. The van der Waals surface area contributed by atoms with Gasteiger partial charge >= 0.3 is 0 Å². The van der Waals surface area contributed by atoms with Gasteiger partial charge in [0.25, 0.3) is 0 Å². The molecule has 1 aromatic rings. The fourth-order valence-electron chi connectivity index (χ4n) is 1.58. The molecule has 0 aliphatic heterocycles. The molecule has 0 atom stereocenters. The molecule has 0 radical (unpaired) electrons. The van der Waals surface area contributed by atoms with Gasteiger partial charge in [0.2, 0.25) is 5.91 Å². The van der Waals surface area contributed by atoms with E-state index in [1.807, 2.05) is 18.2 Å². The van der Waals surface area contributed by atoms with Gasteiger partial charge in [0.1, 0.15) is 5.75 Å². The zero-order valence-corrected chi connectivity index (χ0v) is 11.4. The monoisotopic (exact) mass is 270 g/mol. The van der Waals surface area contributed by atoms with Crippen molar-refractivity contribution in [3.8, 4) is 0 Å². The lowest BCUT2D eigenvalue weighted by atomic mass is 10.1. The Morgan fingerprint density at radius 2 is 1.94 bits per heavy atom. The summed E-state index contributed by atoms with van der Waals surface area (Å²) in [6.07, 6.45) is 1.05. The van der Waals surface area contributed by atoms with Gasteiger partial charge < -0.3 is 10.6 Å². The summed E-state index contributed by atoms with van der Waals surface area (Å²) in [5.41, 5.74) is 7.22. The van der Waals surface area contributed by atoms with Crippen LogP contribution in [0, 0.1) is 0 Å². The third kappa shape index (κ3) is 4.37. The zero-order chi connectivity index (χ0) is 13.8. The van der Waals surface area contributed by atoms with Crippen molar-refractivity contribution in [3.63, 3.8) is 0 Å². The topological polar surface area (TPSA) is 80.5 Å². The van der Waals surface area contributed by atoms with Crippen LogP contribution in [0.4, 0.5) is 5.69 Å². The second-order valence-corrected chi connectivity index (χ2v) is 6.32. The van der Waals surface area contributed by atoms with Gasteiger partial charge in [-0.2, -0.15) is 0 Å². The number of nitrogens with two attached hydrogens (primary N) is 1. The molecule has 1 aromatic carbocycles. The second kappa shape index (κ2) is 5.86. The van der Waals surface area contributed by atoms with Crippen molar-refractivity contribution < 1.29 is 13.2 Å². The molecule has 0 heterocycles. The number of benzene rings is 1. The first-order valence-electron chi connectivity index (χ1n) is 5.62. The quantitative estimate of drug-likeness (QED) is 0.797. The van der Waals surface area contributed by atoms with Crippen LogP contribution in [0.5, 0.6) is 0 Å². The molecule has 0 bridgehead atoms. The molecule has 0 aliphatic rings. The van der Waals surface area contributed by atoms with Crippen LogP contribution in [0.2, 0.25) is 0 Å². The second-order valence-electron chi connectivity index (χ2n) is 4.18. The van der Waals surface area contributed by atoms with Gasteiger partial charge in [0.05, 0.1) is 0 Å². The van der Waals surface area contributed by atoms with Crippen molar-refractivity contribution >= 4 is 21.4 Å². The molecule has 6 heteroatoms. The lowest BCUT2D eigenvalue weighted by Crippen LogP contribution is -2.35.